The van der Waals surface area contributed by atoms with Crippen molar-refractivity contribution in [3.8, 4) is 5.69 Å². The van der Waals surface area contributed by atoms with Gasteiger partial charge in [0.1, 0.15) is 0 Å². The Labute approximate surface area is 165 Å². The van der Waals surface area contributed by atoms with Crippen LogP contribution in [-0.4, -0.2) is 16.2 Å². The third kappa shape index (κ3) is 4.21. The van der Waals surface area contributed by atoms with Crippen LogP contribution in [0.4, 0.5) is 0 Å². The molecule has 5 nitrogen and oxygen atoms in total. The number of carbonyl (C=O) groups excluding carboxylic acids is 1. The molecule has 0 saturated carbocycles. The van der Waals surface area contributed by atoms with Gasteiger partial charge in [0.2, 0.25) is 5.91 Å². The number of amides is 1. The summed E-state index contributed by atoms with van der Waals surface area (Å²) in [6, 6.07) is 20.8. The third-order valence-corrected chi connectivity index (χ3v) is 4.98. The van der Waals surface area contributed by atoms with E-state index in [1.807, 2.05) is 13.0 Å². The Morgan fingerprint density at radius 1 is 1.04 bits per heavy atom. The van der Waals surface area contributed by atoms with Crippen molar-refractivity contribution in [1.29, 1.82) is 0 Å². The minimum Gasteiger partial charge on any atom is -0.324 e. The molecule has 1 atom stereocenters. The summed E-state index contributed by atoms with van der Waals surface area (Å²) < 4.78 is 2.12. The van der Waals surface area contributed by atoms with Gasteiger partial charge in [-0.1, -0.05) is 49.4 Å². The molecule has 0 saturated heterocycles. The van der Waals surface area contributed by atoms with Crippen LogP contribution in [0.1, 0.15) is 30.0 Å². The molecule has 5 heteroatoms. The summed E-state index contributed by atoms with van der Waals surface area (Å²) in [5.74, 6) is 0.113. The van der Waals surface area contributed by atoms with E-state index in [1.54, 1.807) is 0 Å². The molecule has 0 bridgehead atoms. The largest absolute Gasteiger partial charge is 0.324 e. The van der Waals surface area contributed by atoms with E-state index in [2.05, 4.69) is 87.4 Å². The van der Waals surface area contributed by atoms with Gasteiger partial charge in [0.05, 0.1) is 5.71 Å². The van der Waals surface area contributed by atoms with Gasteiger partial charge in [0, 0.05) is 43.5 Å². The number of rotatable bonds is 6. The molecule has 1 amide bonds. The summed E-state index contributed by atoms with van der Waals surface area (Å²) in [4.78, 5) is 11.4. The maximum atomic E-state index is 11.4. The van der Waals surface area contributed by atoms with E-state index >= 15 is 0 Å². The molecule has 2 heterocycles. The molecule has 1 aromatic heterocycles. The van der Waals surface area contributed by atoms with Gasteiger partial charge in [-0.25, -0.2) is 5.43 Å². The van der Waals surface area contributed by atoms with Gasteiger partial charge < -0.3 is 9.88 Å². The lowest BCUT2D eigenvalue weighted by Crippen LogP contribution is -2.31. The molecule has 1 aliphatic heterocycles. The maximum absolute atomic E-state index is 11.4. The fourth-order valence-electron chi connectivity index (χ4n) is 3.46. The lowest BCUT2D eigenvalue weighted by Gasteiger charge is -2.19. The fourth-order valence-corrected chi connectivity index (χ4v) is 3.46. The first-order chi connectivity index (χ1) is 13.7. The highest BCUT2D eigenvalue weighted by molar-refractivity contribution is 6.05. The predicted octanol–water partition coefficient (Wildman–Crippen LogP) is 3.63. The van der Waals surface area contributed by atoms with Crippen LogP contribution in [0.3, 0.4) is 0 Å². The SMILES string of the molecule is CC1CC(=O)NN=C1c1ccc(-n2ccc(CNCc3ccccc3)c2)cc1. The Bertz CT molecular complexity index is 973. The molecule has 0 aliphatic carbocycles. The molecular formula is C23H24N4O. The van der Waals surface area contributed by atoms with Crippen LogP contribution in [0.25, 0.3) is 5.69 Å². The fraction of sp³-hybridized carbons (Fsp3) is 0.217. The summed E-state index contributed by atoms with van der Waals surface area (Å²) in [6.07, 6.45) is 4.71. The first-order valence-corrected chi connectivity index (χ1v) is 9.58. The van der Waals surface area contributed by atoms with Gasteiger partial charge in [-0.05, 0) is 34.9 Å². The highest BCUT2D eigenvalue weighted by Crippen LogP contribution is 2.19. The van der Waals surface area contributed by atoms with Crippen molar-refractivity contribution in [3.05, 3.63) is 89.7 Å². The Kier molecular flexibility index (Phi) is 5.35. The Balaban J connectivity index is 1.39. The molecule has 0 fully saturated rings. The first-order valence-electron chi connectivity index (χ1n) is 9.58. The lowest BCUT2D eigenvalue weighted by atomic mass is 9.94. The normalized spacial score (nSPS) is 16.5. The topological polar surface area (TPSA) is 58.4 Å². The van der Waals surface area contributed by atoms with Crippen molar-refractivity contribution >= 4 is 11.6 Å². The van der Waals surface area contributed by atoms with E-state index in [0.29, 0.717) is 6.42 Å². The van der Waals surface area contributed by atoms with Gasteiger partial charge in [0.25, 0.3) is 0 Å². The van der Waals surface area contributed by atoms with E-state index in [4.69, 9.17) is 0 Å². The second-order valence-electron chi connectivity index (χ2n) is 7.20. The standard InChI is InChI=1S/C23H24N4O/c1-17-13-22(28)25-26-23(17)20-7-9-21(10-8-20)27-12-11-19(16-27)15-24-14-18-5-3-2-4-6-18/h2-12,16-17,24H,13-15H2,1H3,(H,25,28). The number of nitrogens with one attached hydrogen (secondary N) is 2. The van der Waals surface area contributed by atoms with Crippen LogP contribution in [0.2, 0.25) is 0 Å². The summed E-state index contributed by atoms with van der Waals surface area (Å²) in [5, 5.41) is 7.71. The summed E-state index contributed by atoms with van der Waals surface area (Å²) in [7, 11) is 0. The highest BCUT2D eigenvalue weighted by Gasteiger charge is 2.21. The second-order valence-corrected chi connectivity index (χ2v) is 7.20. The highest BCUT2D eigenvalue weighted by atomic mass is 16.2. The van der Waals surface area contributed by atoms with E-state index in [1.165, 1.54) is 11.1 Å². The number of hydrazone groups is 1. The van der Waals surface area contributed by atoms with Crippen molar-refractivity contribution in [3.63, 3.8) is 0 Å². The Morgan fingerprint density at radius 3 is 2.54 bits per heavy atom. The molecule has 0 spiro atoms. The molecule has 1 aliphatic rings. The number of benzene rings is 2. The van der Waals surface area contributed by atoms with Crippen molar-refractivity contribution in [2.24, 2.45) is 11.0 Å². The zero-order valence-electron chi connectivity index (χ0n) is 15.9. The molecule has 1 unspecified atom stereocenters. The van der Waals surface area contributed by atoms with E-state index < -0.39 is 0 Å². The average molecular weight is 372 g/mol. The summed E-state index contributed by atoms with van der Waals surface area (Å²) in [5.41, 5.74) is 8.19. The van der Waals surface area contributed by atoms with Crippen LogP contribution >= 0.6 is 0 Å². The van der Waals surface area contributed by atoms with Crippen molar-refractivity contribution < 1.29 is 4.79 Å². The predicted molar refractivity (Wildman–Crippen MR) is 111 cm³/mol. The Morgan fingerprint density at radius 2 is 1.79 bits per heavy atom. The van der Waals surface area contributed by atoms with Crippen molar-refractivity contribution in [2.45, 2.75) is 26.4 Å². The molecule has 0 radical (unpaired) electrons. The van der Waals surface area contributed by atoms with Crippen molar-refractivity contribution in [2.75, 3.05) is 0 Å². The zero-order chi connectivity index (χ0) is 19.3. The molecule has 2 N–H and O–H groups in total. The van der Waals surface area contributed by atoms with Crippen LogP contribution in [0, 0.1) is 5.92 Å². The maximum Gasteiger partial charge on any atom is 0.240 e. The van der Waals surface area contributed by atoms with E-state index in [-0.39, 0.29) is 11.8 Å². The molecule has 2 aromatic carbocycles. The van der Waals surface area contributed by atoms with Crippen LogP contribution in [0.15, 0.2) is 78.2 Å². The number of hydrogen-bond donors (Lipinski definition) is 2. The number of carbonyl (C=O) groups is 1. The monoisotopic (exact) mass is 372 g/mol. The van der Waals surface area contributed by atoms with E-state index in [9.17, 15) is 4.79 Å². The van der Waals surface area contributed by atoms with Crippen LogP contribution in [0.5, 0.6) is 0 Å². The van der Waals surface area contributed by atoms with E-state index in [0.717, 1.165) is 30.1 Å². The minimum absolute atomic E-state index is 0.0198. The lowest BCUT2D eigenvalue weighted by molar-refractivity contribution is -0.121. The summed E-state index contributed by atoms with van der Waals surface area (Å²) in [6.45, 7) is 3.72. The average Bonchev–Trinajstić information content (AvgIpc) is 3.18. The van der Waals surface area contributed by atoms with Gasteiger partial charge in [-0.15, -0.1) is 0 Å². The molecular weight excluding hydrogens is 348 g/mol. The molecule has 4 rings (SSSR count). The van der Waals surface area contributed by atoms with Crippen LogP contribution < -0.4 is 10.7 Å². The minimum atomic E-state index is -0.0198. The molecule has 3 aromatic rings. The molecule has 142 valence electrons. The zero-order valence-corrected chi connectivity index (χ0v) is 15.9. The van der Waals surface area contributed by atoms with Crippen LogP contribution in [-0.2, 0) is 17.9 Å². The first kappa shape index (κ1) is 18.2. The summed E-state index contributed by atoms with van der Waals surface area (Å²) >= 11 is 0. The number of hydrogen-bond acceptors (Lipinski definition) is 3. The molecule has 28 heavy (non-hydrogen) atoms. The second kappa shape index (κ2) is 8.23. The third-order valence-electron chi connectivity index (χ3n) is 4.98. The van der Waals surface area contributed by atoms with Gasteiger partial charge in [0.15, 0.2) is 0 Å². The quantitative estimate of drug-likeness (QED) is 0.694. The number of nitrogens with zero attached hydrogens (tertiary/aromatic N) is 2. The number of aromatic nitrogens is 1. The van der Waals surface area contributed by atoms with Gasteiger partial charge in [-0.2, -0.15) is 5.10 Å². The van der Waals surface area contributed by atoms with Gasteiger partial charge in [-0.3, -0.25) is 4.79 Å². The Hall–Kier alpha value is -3.18. The van der Waals surface area contributed by atoms with Crippen molar-refractivity contribution in [1.82, 2.24) is 15.3 Å². The van der Waals surface area contributed by atoms with Gasteiger partial charge >= 0.3 is 0 Å². The smallest absolute Gasteiger partial charge is 0.240 e.